The predicted molar refractivity (Wildman–Crippen MR) is 106 cm³/mol. The van der Waals surface area contributed by atoms with E-state index in [9.17, 15) is 19.8 Å². The lowest BCUT2D eigenvalue weighted by atomic mass is 9.95. The molecule has 29 heavy (non-hydrogen) atoms. The van der Waals surface area contributed by atoms with Crippen LogP contribution in [0.15, 0.2) is 48.3 Å². The zero-order valence-corrected chi connectivity index (χ0v) is 16.5. The van der Waals surface area contributed by atoms with Gasteiger partial charge in [-0.2, -0.15) is 0 Å². The Labute approximate surface area is 168 Å². The summed E-state index contributed by atoms with van der Waals surface area (Å²) in [7, 11) is 5.15. The van der Waals surface area contributed by atoms with Crippen LogP contribution >= 0.6 is 0 Å². The van der Waals surface area contributed by atoms with Gasteiger partial charge in [-0.15, -0.1) is 0 Å². The summed E-state index contributed by atoms with van der Waals surface area (Å²) in [6, 6.07) is 6.93. The van der Waals surface area contributed by atoms with Gasteiger partial charge in [0, 0.05) is 31.0 Å². The zero-order valence-electron chi connectivity index (χ0n) is 16.5. The number of ether oxygens (including phenoxy) is 1. The summed E-state index contributed by atoms with van der Waals surface area (Å²) < 4.78 is 5.18. The Morgan fingerprint density at radius 3 is 2.52 bits per heavy atom. The number of phenols is 1. The van der Waals surface area contributed by atoms with Crippen LogP contribution in [-0.4, -0.2) is 71.0 Å². The van der Waals surface area contributed by atoms with Gasteiger partial charge in [0.15, 0.2) is 11.5 Å². The third-order valence-electron chi connectivity index (χ3n) is 4.80. The first-order valence-electron chi connectivity index (χ1n) is 9.05. The monoisotopic (exact) mass is 397 g/mol. The second kappa shape index (κ2) is 8.32. The molecule has 1 fully saturated rings. The van der Waals surface area contributed by atoms with Gasteiger partial charge in [-0.3, -0.25) is 14.6 Å². The molecular formula is C21H23N3O5. The number of hydrogen-bond acceptors (Lipinski definition) is 7. The molecule has 1 saturated heterocycles. The van der Waals surface area contributed by atoms with Crippen LogP contribution in [-0.2, 0) is 9.59 Å². The Bertz CT molecular complexity index is 956. The SMILES string of the molecule is COc1cc(C2/C(=C(\O)c3ccncc3)C(=O)C(=O)N2CCN(C)C)ccc1O. The average molecular weight is 397 g/mol. The number of rotatable bonds is 6. The highest BCUT2D eigenvalue weighted by Gasteiger charge is 2.46. The van der Waals surface area contributed by atoms with Crippen LogP contribution < -0.4 is 4.74 Å². The van der Waals surface area contributed by atoms with Crippen molar-refractivity contribution >= 4 is 17.4 Å². The third kappa shape index (κ3) is 3.93. The fraction of sp³-hybridized carbons (Fsp3) is 0.286. The van der Waals surface area contributed by atoms with Crippen LogP contribution in [0.3, 0.4) is 0 Å². The first-order chi connectivity index (χ1) is 13.8. The van der Waals surface area contributed by atoms with E-state index in [4.69, 9.17) is 4.74 Å². The number of hydrogen-bond donors (Lipinski definition) is 2. The fourth-order valence-electron chi connectivity index (χ4n) is 3.29. The average Bonchev–Trinajstić information content (AvgIpc) is 2.97. The van der Waals surface area contributed by atoms with Crippen molar-refractivity contribution in [3.05, 3.63) is 59.4 Å². The molecule has 1 unspecified atom stereocenters. The first kappa shape index (κ1) is 20.3. The molecule has 152 valence electrons. The van der Waals surface area contributed by atoms with E-state index in [-0.39, 0.29) is 22.8 Å². The van der Waals surface area contributed by atoms with Gasteiger partial charge in [-0.25, -0.2) is 0 Å². The molecule has 0 aliphatic carbocycles. The number of aliphatic hydroxyl groups is 1. The van der Waals surface area contributed by atoms with E-state index in [1.54, 1.807) is 24.3 Å². The van der Waals surface area contributed by atoms with E-state index < -0.39 is 17.7 Å². The van der Waals surface area contributed by atoms with Crippen molar-refractivity contribution in [1.82, 2.24) is 14.8 Å². The molecule has 1 amide bonds. The van der Waals surface area contributed by atoms with E-state index in [0.717, 1.165) is 0 Å². The van der Waals surface area contributed by atoms with Crippen LogP contribution in [0.25, 0.3) is 5.76 Å². The van der Waals surface area contributed by atoms with Crippen molar-refractivity contribution in [3.63, 3.8) is 0 Å². The number of benzene rings is 1. The normalized spacial score (nSPS) is 18.5. The number of phenolic OH excluding ortho intramolecular Hbond substituents is 1. The van der Waals surface area contributed by atoms with Gasteiger partial charge in [0.05, 0.1) is 18.7 Å². The fourth-order valence-corrected chi connectivity index (χ4v) is 3.29. The molecule has 1 aliphatic heterocycles. The number of likely N-dealkylation sites (N-methyl/N-ethyl adjacent to an activating group) is 1. The maximum atomic E-state index is 12.9. The Kier molecular flexibility index (Phi) is 5.84. The van der Waals surface area contributed by atoms with Crippen molar-refractivity contribution in [1.29, 1.82) is 0 Å². The first-order valence-corrected chi connectivity index (χ1v) is 9.05. The topological polar surface area (TPSA) is 103 Å². The van der Waals surface area contributed by atoms with Gasteiger partial charge in [0.1, 0.15) is 5.76 Å². The van der Waals surface area contributed by atoms with Gasteiger partial charge in [0.2, 0.25) is 0 Å². The highest BCUT2D eigenvalue weighted by Crippen LogP contribution is 2.41. The van der Waals surface area contributed by atoms with Gasteiger partial charge < -0.3 is 24.7 Å². The van der Waals surface area contributed by atoms with E-state index >= 15 is 0 Å². The summed E-state index contributed by atoms with van der Waals surface area (Å²) in [6.07, 6.45) is 2.99. The largest absolute Gasteiger partial charge is 0.507 e. The number of carbonyl (C=O) groups is 2. The van der Waals surface area contributed by atoms with Crippen molar-refractivity contribution in [2.75, 3.05) is 34.3 Å². The van der Waals surface area contributed by atoms with Crippen LogP contribution in [0, 0.1) is 0 Å². The molecule has 0 radical (unpaired) electrons. The lowest BCUT2D eigenvalue weighted by molar-refractivity contribution is -0.140. The molecule has 2 N–H and O–H groups in total. The lowest BCUT2D eigenvalue weighted by Gasteiger charge is -2.27. The summed E-state index contributed by atoms with van der Waals surface area (Å²) in [4.78, 5) is 32.9. The minimum absolute atomic E-state index is 0.00676. The van der Waals surface area contributed by atoms with Crippen molar-refractivity contribution < 1.29 is 24.5 Å². The quantitative estimate of drug-likeness (QED) is 0.435. The van der Waals surface area contributed by atoms with Gasteiger partial charge >= 0.3 is 0 Å². The molecule has 0 bridgehead atoms. The second-order valence-corrected chi connectivity index (χ2v) is 6.96. The van der Waals surface area contributed by atoms with E-state index in [1.807, 2.05) is 19.0 Å². The number of Topliss-reactive ketones (excluding diaryl/α,β-unsaturated/α-hetero) is 1. The molecule has 1 aromatic heterocycles. The number of methoxy groups -OCH3 is 1. The molecule has 8 nitrogen and oxygen atoms in total. The second-order valence-electron chi connectivity index (χ2n) is 6.96. The minimum Gasteiger partial charge on any atom is -0.507 e. The Morgan fingerprint density at radius 1 is 1.21 bits per heavy atom. The standard InChI is InChI=1S/C21H23N3O5/c1-23(2)10-11-24-18(14-4-5-15(25)16(12-14)29-3)17(20(27)21(24)28)19(26)13-6-8-22-9-7-13/h4-9,12,18,25-26H,10-11H2,1-3H3/b19-17+. The molecule has 8 heteroatoms. The number of amides is 1. The third-order valence-corrected chi connectivity index (χ3v) is 4.80. The summed E-state index contributed by atoms with van der Waals surface area (Å²) in [5, 5.41) is 20.8. The number of pyridine rings is 1. The van der Waals surface area contributed by atoms with Gasteiger partial charge in [-0.05, 0) is 43.9 Å². The Hall–Kier alpha value is -3.39. The van der Waals surface area contributed by atoms with Gasteiger partial charge in [0.25, 0.3) is 11.7 Å². The van der Waals surface area contributed by atoms with Crippen molar-refractivity contribution in [2.24, 2.45) is 0 Å². The molecule has 2 heterocycles. The van der Waals surface area contributed by atoms with E-state index in [1.165, 1.54) is 30.5 Å². The molecule has 0 spiro atoms. The summed E-state index contributed by atoms with van der Waals surface area (Å²) >= 11 is 0. The van der Waals surface area contributed by atoms with E-state index in [2.05, 4.69) is 4.98 Å². The number of ketones is 1. The van der Waals surface area contributed by atoms with E-state index in [0.29, 0.717) is 24.2 Å². The number of nitrogens with zero attached hydrogens (tertiary/aromatic N) is 3. The lowest BCUT2D eigenvalue weighted by Crippen LogP contribution is -2.35. The number of aromatic hydroxyl groups is 1. The maximum Gasteiger partial charge on any atom is 0.295 e. The molecule has 2 aromatic rings. The van der Waals surface area contributed by atoms with Crippen molar-refractivity contribution in [3.8, 4) is 11.5 Å². The summed E-state index contributed by atoms with van der Waals surface area (Å²) in [5.74, 6) is -1.55. The zero-order chi connectivity index (χ0) is 21.1. The molecule has 3 rings (SSSR count). The summed E-state index contributed by atoms with van der Waals surface area (Å²) in [6.45, 7) is 0.826. The molecule has 0 saturated carbocycles. The minimum atomic E-state index is -0.808. The molecular weight excluding hydrogens is 374 g/mol. The summed E-state index contributed by atoms with van der Waals surface area (Å²) in [5.41, 5.74) is 0.933. The molecule has 1 aromatic carbocycles. The Morgan fingerprint density at radius 2 is 1.90 bits per heavy atom. The number of carbonyl (C=O) groups excluding carboxylic acids is 2. The molecule has 1 aliphatic rings. The van der Waals surface area contributed by atoms with Crippen LogP contribution in [0.1, 0.15) is 17.2 Å². The highest BCUT2D eigenvalue weighted by atomic mass is 16.5. The number of aliphatic hydroxyl groups excluding tert-OH is 1. The van der Waals surface area contributed by atoms with Crippen LogP contribution in [0.4, 0.5) is 0 Å². The van der Waals surface area contributed by atoms with Crippen molar-refractivity contribution in [2.45, 2.75) is 6.04 Å². The number of aromatic nitrogens is 1. The highest BCUT2D eigenvalue weighted by molar-refractivity contribution is 6.46. The predicted octanol–water partition coefficient (Wildman–Crippen LogP) is 1.78. The number of likely N-dealkylation sites (tertiary alicyclic amines) is 1. The van der Waals surface area contributed by atoms with Gasteiger partial charge in [-0.1, -0.05) is 6.07 Å². The Balaban J connectivity index is 2.17. The molecule has 1 atom stereocenters. The maximum absolute atomic E-state index is 12.9. The van der Waals surface area contributed by atoms with Crippen LogP contribution in [0.5, 0.6) is 11.5 Å². The smallest absolute Gasteiger partial charge is 0.295 e. The van der Waals surface area contributed by atoms with Crippen LogP contribution in [0.2, 0.25) is 0 Å².